The summed E-state index contributed by atoms with van der Waals surface area (Å²) in [5, 5.41) is 18.0. The van der Waals surface area contributed by atoms with Crippen LogP contribution in [0, 0.1) is 6.92 Å². The smallest absolute Gasteiger partial charge is 0.247 e. The fourth-order valence-electron chi connectivity index (χ4n) is 4.43. The van der Waals surface area contributed by atoms with E-state index in [1.54, 1.807) is 67.0 Å². The second-order valence-corrected chi connectivity index (χ2v) is 13.8. The van der Waals surface area contributed by atoms with E-state index in [1.807, 2.05) is 25.1 Å². The Hall–Kier alpha value is -6.43. The van der Waals surface area contributed by atoms with Crippen molar-refractivity contribution in [2.45, 2.75) is 6.92 Å². The molecule has 306 valence electrons. The van der Waals surface area contributed by atoms with Crippen molar-refractivity contribution in [3.05, 3.63) is 160 Å². The number of nitrogens with zero attached hydrogens (tertiary/aromatic N) is 6. The summed E-state index contributed by atoms with van der Waals surface area (Å²) in [4.78, 5) is 57.4. The molecule has 0 saturated carbocycles. The maximum absolute atomic E-state index is 11.3. The number of carbonyl (C=O) groups excluding carboxylic acids is 3. The molecule has 0 aliphatic heterocycles. The number of anilines is 9. The Morgan fingerprint density at radius 2 is 0.883 bits per heavy atom. The topological polar surface area (TPSA) is 201 Å². The van der Waals surface area contributed by atoms with Crippen LogP contribution in [-0.4, -0.2) is 47.6 Å². The van der Waals surface area contributed by atoms with Crippen LogP contribution in [0.2, 0.25) is 20.9 Å². The lowest BCUT2D eigenvalue weighted by Crippen LogP contribution is -2.07. The second kappa shape index (κ2) is 23.2. The van der Waals surface area contributed by atoms with Gasteiger partial charge in [0.15, 0.2) is 5.82 Å². The highest BCUT2D eigenvalue weighted by molar-refractivity contribution is 9.10. The molecule has 3 amide bonds. The average Bonchev–Trinajstić information content (AvgIpc) is 3.23. The zero-order chi connectivity index (χ0) is 43.6. The molecule has 20 heteroatoms. The molecule has 3 aromatic carbocycles. The van der Waals surface area contributed by atoms with E-state index in [0.717, 1.165) is 16.9 Å². The number of benzene rings is 3. The first-order chi connectivity index (χ1) is 28.7. The molecule has 3 heterocycles. The maximum atomic E-state index is 11.3. The van der Waals surface area contributed by atoms with Gasteiger partial charge in [0.2, 0.25) is 33.6 Å². The third-order valence-corrected chi connectivity index (χ3v) is 8.51. The summed E-state index contributed by atoms with van der Waals surface area (Å²) in [6.45, 7) is 12.1. The van der Waals surface area contributed by atoms with E-state index in [0.29, 0.717) is 49.7 Å². The number of amides is 3. The molecule has 6 aromatic rings. The van der Waals surface area contributed by atoms with Crippen LogP contribution in [-0.2, 0) is 14.4 Å². The Balaban J connectivity index is 0.000000198. The predicted octanol–water partition coefficient (Wildman–Crippen LogP) is 10.7. The molecule has 0 unspecified atom stereocenters. The minimum Gasteiger partial charge on any atom is -0.340 e. The van der Waals surface area contributed by atoms with Crippen LogP contribution in [0.1, 0.15) is 5.56 Å². The first kappa shape index (κ1) is 46.3. The van der Waals surface area contributed by atoms with Crippen molar-refractivity contribution in [3.8, 4) is 0 Å². The number of hydrogen-bond acceptors (Lipinski definition) is 12. The van der Waals surface area contributed by atoms with E-state index in [1.165, 1.54) is 24.4 Å². The highest BCUT2D eigenvalue weighted by atomic mass is 79.9. The fourth-order valence-corrected chi connectivity index (χ4v) is 5.26. The number of aromatic nitrogens is 6. The summed E-state index contributed by atoms with van der Waals surface area (Å²) in [5.41, 5.74) is 5.04. The van der Waals surface area contributed by atoms with Gasteiger partial charge in [0, 0.05) is 52.1 Å². The van der Waals surface area contributed by atoms with Gasteiger partial charge in [0.1, 0.15) is 16.7 Å². The van der Waals surface area contributed by atoms with Crippen LogP contribution in [0.25, 0.3) is 0 Å². The Labute approximate surface area is 372 Å². The van der Waals surface area contributed by atoms with Gasteiger partial charge in [-0.2, -0.15) is 9.97 Å². The van der Waals surface area contributed by atoms with E-state index in [2.05, 4.69) is 97.5 Å². The molecule has 0 radical (unpaired) electrons. The second-order valence-electron chi connectivity index (χ2n) is 11.5. The molecule has 0 fully saturated rings. The molecule has 0 aliphatic rings. The number of aryl methyl sites for hydroxylation is 1. The van der Waals surface area contributed by atoms with Gasteiger partial charge < -0.3 is 31.9 Å². The summed E-state index contributed by atoms with van der Waals surface area (Å²) >= 11 is 26.5. The number of hydrogen-bond donors (Lipinski definition) is 6. The molecule has 0 spiro atoms. The summed E-state index contributed by atoms with van der Waals surface area (Å²) < 4.78 is 0.683. The normalized spacial score (nSPS) is 9.90. The number of carbonyl (C=O) groups is 3. The predicted molar refractivity (Wildman–Crippen MR) is 244 cm³/mol. The lowest BCUT2D eigenvalue weighted by atomic mass is 10.2. The first-order valence-corrected chi connectivity index (χ1v) is 19.3. The van der Waals surface area contributed by atoms with Gasteiger partial charge in [-0.25, -0.2) is 19.9 Å². The average molecular weight is 952 g/mol. The first-order valence-electron chi connectivity index (χ1n) is 17.0. The van der Waals surface area contributed by atoms with Gasteiger partial charge in [-0.05, 0) is 130 Å². The van der Waals surface area contributed by atoms with E-state index < -0.39 is 0 Å². The van der Waals surface area contributed by atoms with Crippen LogP contribution in [0.4, 0.5) is 51.6 Å². The number of rotatable bonds is 12. The van der Waals surface area contributed by atoms with Gasteiger partial charge in [-0.1, -0.05) is 49.5 Å². The molecule has 15 nitrogen and oxygen atoms in total. The molecule has 0 bridgehead atoms. The molecule has 3 aromatic heterocycles. The van der Waals surface area contributed by atoms with E-state index >= 15 is 0 Å². The van der Waals surface area contributed by atoms with Gasteiger partial charge in [-0.15, -0.1) is 0 Å². The molecule has 6 N–H and O–H groups in total. The zero-order valence-corrected chi connectivity index (χ0v) is 35.9. The Bertz CT molecular complexity index is 2260. The SMILES string of the molecule is C=CC(=O)Nc1cccc(Nc2nc(Cl)ncc2Br)c1.C=CC(=O)Nc1cccc(Nc2nc(Cl)ncc2C)c1.C=CC(=O)Nc1cccc(Nc2nc(Cl)ncc2Cl)c1. The van der Waals surface area contributed by atoms with Crippen LogP contribution >= 0.6 is 62.3 Å². The van der Waals surface area contributed by atoms with Crippen molar-refractivity contribution in [1.82, 2.24) is 29.9 Å². The highest BCUT2D eigenvalue weighted by Gasteiger charge is 2.08. The quantitative estimate of drug-likeness (QED) is 0.0502. The third-order valence-electron chi connectivity index (χ3n) is 7.11. The number of nitrogens with one attached hydrogen (secondary N) is 6. The fraction of sp³-hybridized carbons (Fsp3) is 0.0250. The van der Waals surface area contributed by atoms with Crippen molar-refractivity contribution in [3.63, 3.8) is 0 Å². The van der Waals surface area contributed by atoms with Crippen molar-refractivity contribution in [1.29, 1.82) is 0 Å². The van der Waals surface area contributed by atoms with Gasteiger partial charge in [0.05, 0.1) is 10.7 Å². The molecule has 0 atom stereocenters. The largest absolute Gasteiger partial charge is 0.340 e. The lowest BCUT2D eigenvalue weighted by molar-refractivity contribution is -0.112. The van der Waals surface area contributed by atoms with E-state index in [4.69, 9.17) is 46.4 Å². The molecular formula is C40H33BrCl4N12O3. The maximum Gasteiger partial charge on any atom is 0.247 e. The molecule has 6 rings (SSSR count). The van der Waals surface area contributed by atoms with Gasteiger partial charge >= 0.3 is 0 Å². The van der Waals surface area contributed by atoms with E-state index in [-0.39, 0.29) is 33.6 Å². The summed E-state index contributed by atoms with van der Waals surface area (Å²) in [7, 11) is 0. The summed E-state index contributed by atoms with van der Waals surface area (Å²) in [5.74, 6) is 0.732. The highest BCUT2D eigenvalue weighted by Crippen LogP contribution is 2.27. The molecule has 60 heavy (non-hydrogen) atoms. The molecule has 0 aliphatic carbocycles. The molecular weight excluding hydrogens is 918 g/mol. The minimum absolute atomic E-state index is 0.0908. The van der Waals surface area contributed by atoms with Crippen molar-refractivity contribution < 1.29 is 14.4 Å². The lowest BCUT2D eigenvalue weighted by Gasteiger charge is -2.10. The minimum atomic E-state index is -0.287. The number of halogens is 5. The summed E-state index contributed by atoms with van der Waals surface area (Å²) in [6, 6.07) is 21.5. The van der Waals surface area contributed by atoms with Crippen LogP contribution in [0.15, 0.2) is 134 Å². The van der Waals surface area contributed by atoms with E-state index in [9.17, 15) is 14.4 Å². The monoisotopic (exact) mass is 948 g/mol. The van der Waals surface area contributed by atoms with Gasteiger partial charge in [-0.3, -0.25) is 14.4 Å². The van der Waals surface area contributed by atoms with Crippen molar-refractivity contribution >= 4 is 132 Å². The Morgan fingerprint density at radius 1 is 0.533 bits per heavy atom. The van der Waals surface area contributed by atoms with Crippen LogP contribution in [0.3, 0.4) is 0 Å². The Morgan fingerprint density at radius 3 is 1.33 bits per heavy atom. The molecule has 0 saturated heterocycles. The standard InChI is InChI=1S/C14H13ClN4O.C13H10BrClN4O.C13H10Cl2N4O/c1-3-12(20)17-10-5-4-6-11(7-10)18-13-9(2)8-16-14(15)19-13;2*1-2-11(20)17-8-4-3-5-9(6-8)18-12-10(14)7-16-13(15)19-12/h3-8H,1H2,2H3,(H,17,20)(H,16,18,19);2*2-7H,1H2,(H,17,20)(H,16,18,19). The zero-order valence-electron chi connectivity index (χ0n) is 31.3. The van der Waals surface area contributed by atoms with Crippen LogP contribution < -0.4 is 31.9 Å². The van der Waals surface area contributed by atoms with Crippen molar-refractivity contribution in [2.24, 2.45) is 0 Å². The van der Waals surface area contributed by atoms with Gasteiger partial charge in [0.25, 0.3) is 0 Å². The summed E-state index contributed by atoms with van der Waals surface area (Å²) in [6.07, 6.45) is 8.22. The Kier molecular flexibility index (Phi) is 17.9. The van der Waals surface area contributed by atoms with Crippen LogP contribution in [0.5, 0.6) is 0 Å². The third kappa shape index (κ3) is 15.4. The van der Waals surface area contributed by atoms with Crippen molar-refractivity contribution in [2.75, 3.05) is 31.9 Å².